The van der Waals surface area contributed by atoms with E-state index in [-0.39, 0.29) is 12.5 Å². The molecule has 0 aromatic heterocycles. The number of hydrogen-bond acceptors (Lipinski definition) is 5. The van der Waals surface area contributed by atoms with E-state index in [1.807, 2.05) is 6.07 Å². The van der Waals surface area contributed by atoms with E-state index in [1.165, 1.54) is 11.9 Å². The van der Waals surface area contributed by atoms with Crippen molar-refractivity contribution in [2.45, 2.75) is 0 Å². The summed E-state index contributed by atoms with van der Waals surface area (Å²) in [5.74, 6) is 0.301. The van der Waals surface area contributed by atoms with E-state index >= 15 is 0 Å². The lowest BCUT2D eigenvalue weighted by atomic mass is 10.2. The van der Waals surface area contributed by atoms with Gasteiger partial charge in [0.2, 0.25) is 0 Å². The van der Waals surface area contributed by atoms with Crippen LogP contribution in [0.15, 0.2) is 24.3 Å². The van der Waals surface area contributed by atoms with Crippen molar-refractivity contribution < 1.29 is 9.59 Å². The van der Waals surface area contributed by atoms with Gasteiger partial charge in [0.25, 0.3) is 5.91 Å². The Balaban J connectivity index is 2.65. The number of hydrogen-bond donors (Lipinski definition) is 3. The molecule has 4 N–H and O–H groups in total. The second kappa shape index (κ2) is 6.86. The zero-order valence-corrected chi connectivity index (χ0v) is 9.42. The molecule has 86 valence electrons. The van der Waals surface area contributed by atoms with Crippen LogP contribution in [-0.2, 0) is 4.79 Å². The highest BCUT2D eigenvalue weighted by atomic mass is 32.2. The molecule has 0 heterocycles. The number of aldehydes is 1. The smallest absolute Gasteiger partial charge is 0.251 e. The van der Waals surface area contributed by atoms with Crippen LogP contribution < -0.4 is 15.8 Å². The monoisotopic (exact) mass is 239 g/mol. The minimum absolute atomic E-state index is 0.0230. The van der Waals surface area contributed by atoms with E-state index in [2.05, 4.69) is 10.6 Å². The van der Waals surface area contributed by atoms with Crippen molar-refractivity contribution in [3.63, 3.8) is 0 Å². The van der Waals surface area contributed by atoms with Crippen LogP contribution in [0.1, 0.15) is 10.4 Å². The molecule has 16 heavy (non-hydrogen) atoms. The summed E-state index contributed by atoms with van der Waals surface area (Å²) in [7, 11) is 0. The largest absolute Gasteiger partial charge is 0.375 e. The summed E-state index contributed by atoms with van der Waals surface area (Å²) in [5, 5.41) is 10.8. The second-order valence-electron chi connectivity index (χ2n) is 2.95. The molecule has 0 radical (unpaired) electrons. The van der Waals surface area contributed by atoms with Crippen molar-refractivity contribution in [3.05, 3.63) is 29.8 Å². The summed E-state index contributed by atoms with van der Waals surface area (Å²) >= 11 is 1.17. The highest BCUT2D eigenvalue weighted by Gasteiger charge is 2.04. The standard InChI is InChI=1S/C10H13N3O2S/c11-16-7-13-9-3-1-2-8(6-9)10(15)12-4-5-14/h1-3,5-6,13H,4,7,11H2,(H,12,15). The van der Waals surface area contributed by atoms with Gasteiger partial charge in [0.05, 0.1) is 12.4 Å². The summed E-state index contributed by atoms with van der Waals surface area (Å²) in [6.07, 6.45) is 0.644. The molecule has 1 aromatic rings. The first-order chi connectivity index (χ1) is 7.77. The molecule has 1 rings (SSSR count). The van der Waals surface area contributed by atoms with Crippen molar-refractivity contribution >= 4 is 29.8 Å². The molecule has 0 spiro atoms. The summed E-state index contributed by atoms with van der Waals surface area (Å²) in [5.41, 5.74) is 1.32. The Labute approximate surface area is 97.9 Å². The maximum Gasteiger partial charge on any atom is 0.251 e. The lowest BCUT2D eigenvalue weighted by molar-refractivity contribution is -0.107. The molecule has 0 unspecified atom stereocenters. The first-order valence-electron chi connectivity index (χ1n) is 4.65. The van der Waals surface area contributed by atoms with Crippen molar-refractivity contribution in [1.82, 2.24) is 5.32 Å². The number of amides is 1. The molecule has 0 saturated carbocycles. The molecular formula is C10H13N3O2S. The summed E-state index contributed by atoms with van der Waals surface area (Å²) in [6, 6.07) is 6.99. The molecule has 0 aliphatic rings. The lowest BCUT2D eigenvalue weighted by Crippen LogP contribution is -2.25. The maximum atomic E-state index is 11.5. The topological polar surface area (TPSA) is 84.2 Å². The number of nitrogens with one attached hydrogen (secondary N) is 2. The molecule has 1 amide bonds. The Bertz CT molecular complexity index is 371. The Morgan fingerprint density at radius 2 is 2.31 bits per heavy atom. The highest BCUT2D eigenvalue weighted by molar-refractivity contribution is 7.97. The third kappa shape index (κ3) is 3.92. The second-order valence-corrected chi connectivity index (χ2v) is 3.57. The molecule has 0 aliphatic carbocycles. The Morgan fingerprint density at radius 3 is 3.00 bits per heavy atom. The van der Waals surface area contributed by atoms with Gasteiger partial charge in [-0.2, -0.15) is 0 Å². The van der Waals surface area contributed by atoms with Gasteiger partial charge in [-0.1, -0.05) is 18.0 Å². The summed E-state index contributed by atoms with van der Waals surface area (Å²) in [6.45, 7) is 0.0230. The number of rotatable bonds is 6. The average Bonchev–Trinajstić information content (AvgIpc) is 2.33. The van der Waals surface area contributed by atoms with Gasteiger partial charge >= 0.3 is 0 Å². The predicted molar refractivity (Wildman–Crippen MR) is 65.1 cm³/mol. The van der Waals surface area contributed by atoms with Gasteiger partial charge in [-0.05, 0) is 18.2 Å². The molecule has 5 nitrogen and oxygen atoms in total. The molecule has 0 bridgehead atoms. The van der Waals surface area contributed by atoms with Gasteiger partial charge in [-0.25, -0.2) is 0 Å². The SMILES string of the molecule is NSCNc1cccc(C(=O)NCC=O)c1. The first kappa shape index (κ1) is 12.5. The zero-order valence-electron chi connectivity index (χ0n) is 8.60. The fraction of sp³-hybridized carbons (Fsp3) is 0.200. The van der Waals surface area contributed by atoms with Gasteiger partial charge in [0, 0.05) is 11.3 Å². The van der Waals surface area contributed by atoms with Crippen molar-refractivity contribution in [2.24, 2.45) is 5.14 Å². The molecule has 0 saturated heterocycles. The first-order valence-corrected chi connectivity index (χ1v) is 5.70. The van der Waals surface area contributed by atoms with Crippen LogP contribution in [0, 0.1) is 0 Å². The average molecular weight is 239 g/mol. The third-order valence-electron chi connectivity index (χ3n) is 1.83. The van der Waals surface area contributed by atoms with E-state index in [9.17, 15) is 9.59 Å². The van der Waals surface area contributed by atoms with Crippen LogP contribution in [0.3, 0.4) is 0 Å². The summed E-state index contributed by atoms with van der Waals surface area (Å²) < 4.78 is 0. The number of nitrogens with two attached hydrogens (primary N) is 1. The Kier molecular flexibility index (Phi) is 5.38. The zero-order chi connectivity index (χ0) is 11.8. The maximum absolute atomic E-state index is 11.5. The molecule has 0 aliphatic heterocycles. The molecule has 0 fully saturated rings. The third-order valence-corrected chi connectivity index (χ3v) is 2.14. The number of carbonyl (C=O) groups is 2. The normalized spacial score (nSPS) is 9.56. The number of benzene rings is 1. The van der Waals surface area contributed by atoms with Gasteiger partial charge in [0.1, 0.15) is 6.29 Å². The Hall–Kier alpha value is -1.53. The number of anilines is 1. The minimum atomic E-state index is -0.267. The molecule has 0 atom stereocenters. The van der Waals surface area contributed by atoms with E-state index < -0.39 is 0 Å². The van der Waals surface area contributed by atoms with Gasteiger partial charge in [-0.3, -0.25) is 9.93 Å². The van der Waals surface area contributed by atoms with Crippen LogP contribution in [0.5, 0.6) is 0 Å². The fourth-order valence-corrected chi connectivity index (χ4v) is 1.38. The predicted octanol–water partition coefficient (Wildman–Crippen LogP) is 0.592. The lowest BCUT2D eigenvalue weighted by Gasteiger charge is -2.06. The van der Waals surface area contributed by atoms with Crippen LogP contribution in [0.4, 0.5) is 5.69 Å². The Morgan fingerprint density at radius 1 is 1.50 bits per heavy atom. The van der Waals surface area contributed by atoms with E-state index in [1.54, 1.807) is 18.2 Å². The fourth-order valence-electron chi connectivity index (χ4n) is 1.13. The number of carbonyl (C=O) groups excluding carboxylic acids is 2. The minimum Gasteiger partial charge on any atom is -0.375 e. The van der Waals surface area contributed by atoms with Crippen LogP contribution in [0.2, 0.25) is 0 Å². The molecule has 6 heteroatoms. The van der Waals surface area contributed by atoms with Crippen LogP contribution >= 0.6 is 11.9 Å². The van der Waals surface area contributed by atoms with Gasteiger partial charge in [-0.15, -0.1) is 0 Å². The van der Waals surface area contributed by atoms with Gasteiger partial charge in [0.15, 0.2) is 0 Å². The van der Waals surface area contributed by atoms with E-state index in [0.717, 1.165) is 5.69 Å². The van der Waals surface area contributed by atoms with Crippen LogP contribution in [0.25, 0.3) is 0 Å². The summed E-state index contributed by atoms with van der Waals surface area (Å²) in [4.78, 5) is 21.6. The van der Waals surface area contributed by atoms with Crippen LogP contribution in [-0.4, -0.2) is 24.6 Å². The van der Waals surface area contributed by atoms with E-state index in [0.29, 0.717) is 17.7 Å². The van der Waals surface area contributed by atoms with Crippen molar-refractivity contribution in [2.75, 3.05) is 17.7 Å². The quantitative estimate of drug-likeness (QED) is 0.384. The molecular weight excluding hydrogens is 226 g/mol. The van der Waals surface area contributed by atoms with Crippen molar-refractivity contribution in [3.8, 4) is 0 Å². The van der Waals surface area contributed by atoms with Crippen molar-refractivity contribution in [1.29, 1.82) is 0 Å². The molecule has 1 aromatic carbocycles. The van der Waals surface area contributed by atoms with E-state index in [4.69, 9.17) is 5.14 Å². The van der Waals surface area contributed by atoms with Gasteiger partial charge < -0.3 is 15.4 Å². The highest BCUT2D eigenvalue weighted by Crippen LogP contribution is 2.10.